The van der Waals surface area contributed by atoms with Gasteiger partial charge in [0.25, 0.3) is 0 Å². The molecule has 0 unspecified atom stereocenters. The Kier molecular flexibility index (Phi) is 2.94. The number of nitrogens with one attached hydrogen (secondary N) is 2. The molecule has 0 atom stereocenters. The van der Waals surface area contributed by atoms with Crippen molar-refractivity contribution in [3.63, 3.8) is 0 Å². The largest absolute Gasteiger partial charge is 0.353 e. The van der Waals surface area contributed by atoms with Crippen LogP contribution in [0.4, 0.5) is 0 Å². The minimum absolute atomic E-state index is 0.0716. The first kappa shape index (κ1) is 15.6. The number of ketones is 2. The summed E-state index contributed by atoms with van der Waals surface area (Å²) in [5.74, 6) is -0.222. The smallest absolute Gasteiger partial charge is 0.172 e. The number of carbonyl (C=O) groups excluding carboxylic acids is 2. The van der Waals surface area contributed by atoms with E-state index in [1.54, 1.807) is 0 Å². The van der Waals surface area contributed by atoms with Gasteiger partial charge >= 0.3 is 0 Å². The molecule has 2 N–H and O–H groups in total. The number of aromatic nitrogens is 2. The Morgan fingerprint density at radius 2 is 1.11 bits per heavy atom. The van der Waals surface area contributed by atoms with Gasteiger partial charge in [-0.2, -0.15) is 0 Å². The second kappa shape index (κ2) is 5.09. The highest BCUT2D eigenvalue weighted by atomic mass is 79.9. The van der Waals surface area contributed by atoms with E-state index in [1.807, 2.05) is 36.4 Å². The van der Waals surface area contributed by atoms with Gasteiger partial charge in [0.05, 0.1) is 17.5 Å². The van der Waals surface area contributed by atoms with Crippen LogP contribution in [0, 0.1) is 0 Å². The van der Waals surface area contributed by atoms with Gasteiger partial charge in [-0.15, -0.1) is 0 Å². The van der Waals surface area contributed by atoms with Crippen molar-refractivity contribution in [1.29, 1.82) is 0 Å². The van der Waals surface area contributed by atoms with Gasteiger partial charge < -0.3 is 9.97 Å². The Labute approximate surface area is 169 Å². The zero-order chi connectivity index (χ0) is 18.4. The summed E-state index contributed by atoms with van der Waals surface area (Å²) in [5.41, 5.74) is 4.65. The number of carbonyl (C=O) groups is 2. The van der Waals surface area contributed by atoms with Crippen LogP contribution in [-0.4, -0.2) is 21.5 Å². The Hall–Kier alpha value is -2.44. The third-order valence-corrected chi connectivity index (χ3v) is 6.75. The third-order valence-electron chi connectivity index (χ3n) is 5.43. The van der Waals surface area contributed by atoms with E-state index in [-0.39, 0.29) is 18.0 Å². The van der Waals surface area contributed by atoms with E-state index in [1.165, 1.54) is 0 Å². The maximum absolute atomic E-state index is 12.9. The van der Waals surface area contributed by atoms with Crippen LogP contribution in [0.5, 0.6) is 0 Å². The number of benzene rings is 3. The van der Waals surface area contributed by atoms with Crippen LogP contribution in [0.15, 0.2) is 45.3 Å². The van der Waals surface area contributed by atoms with Crippen LogP contribution in [-0.2, 0) is 0 Å². The topological polar surface area (TPSA) is 65.7 Å². The fourth-order valence-electron chi connectivity index (χ4n) is 4.41. The Bertz CT molecular complexity index is 1390. The lowest BCUT2D eigenvalue weighted by Gasteiger charge is -2.05. The second-order valence-corrected chi connectivity index (χ2v) is 8.56. The molecule has 1 aliphatic rings. The van der Waals surface area contributed by atoms with Crippen molar-refractivity contribution >= 4 is 87.0 Å². The van der Waals surface area contributed by atoms with E-state index in [9.17, 15) is 9.59 Å². The molecule has 6 rings (SSSR count). The molecule has 0 saturated carbocycles. The highest BCUT2D eigenvalue weighted by Crippen LogP contribution is 2.46. The predicted octanol–water partition coefficient (Wildman–Crippen LogP) is 6.25. The van der Waals surface area contributed by atoms with Crippen molar-refractivity contribution in [3.8, 4) is 0 Å². The van der Waals surface area contributed by atoms with E-state index in [0.717, 1.165) is 52.6 Å². The molecule has 0 spiro atoms. The van der Waals surface area contributed by atoms with Crippen LogP contribution in [0.3, 0.4) is 0 Å². The summed E-state index contributed by atoms with van der Waals surface area (Å²) < 4.78 is 1.80. The lowest BCUT2D eigenvalue weighted by molar-refractivity contribution is 0.0924. The summed E-state index contributed by atoms with van der Waals surface area (Å²) in [6.45, 7) is 0. The fourth-order valence-corrected chi connectivity index (χ4v) is 5.54. The molecular formula is C21H10Br2N2O2. The Morgan fingerprint density at radius 3 is 1.56 bits per heavy atom. The number of rotatable bonds is 0. The maximum atomic E-state index is 12.9. The Morgan fingerprint density at radius 1 is 0.667 bits per heavy atom. The van der Waals surface area contributed by atoms with Crippen LogP contribution < -0.4 is 0 Å². The SMILES string of the molecule is O=C1CC(=O)c2c1c1c([nH]c3cccc(Br)c31)c1[nH]c3cccc(Br)c3c21. The van der Waals surface area contributed by atoms with Crippen molar-refractivity contribution in [2.45, 2.75) is 6.42 Å². The van der Waals surface area contributed by atoms with E-state index in [2.05, 4.69) is 41.8 Å². The standard InChI is InChI=1S/C21H10Br2N2O2/c22-8-3-1-5-10-14(8)18-16-12(26)7-13(27)17(16)19-15-9(23)4-2-6-11(15)25-21(19)20(18)24-10/h1-6,24-25H,7H2. The highest BCUT2D eigenvalue weighted by Gasteiger charge is 2.35. The zero-order valence-electron chi connectivity index (χ0n) is 13.7. The maximum Gasteiger partial charge on any atom is 0.172 e. The van der Waals surface area contributed by atoms with E-state index in [0.29, 0.717) is 11.1 Å². The minimum Gasteiger partial charge on any atom is -0.353 e. The quantitative estimate of drug-likeness (QED) is 0.257. The molecule has 130 valence electrons. The molecule has 0 amide bonds. The lowest BCUT2D eigenvalue weighted by atomic mass is 9.97. The van der Waals surface area contributed by atoms with Gasteiger partial charge in [-0.3, -0.25) is 9.59 Å². The van der Waals surface area contributed by atoms with E-state index < -0.39 is 0 Å². The zero-order valence-corrected chi connectivity index (χ0v) is 16.9. The molecule has 5 aromatic rings. The lowest BCUT2D eigenvalue weighted by Crippen LogP contribution is -1.94. The van der Waals surface area contributed by atoms with Gasteiger partial charge in [0.15, 0.2) is 11.6 Å². The molecule has 0 fully saturated rings. The Balaban J connectivity index is 2.04. The number of fused-ring (bicyclic) bond motifs is 10. The van der Waals surface area contributed by atoms with Crippen LogP contribution in [0.25, 0.3) is 43.6 Å². The van der Waals surface area contributed by atoms with Crippen molar-refractivity contribution in [3.05, 3.63) is 56.5 Å². The molecule has 4 nitrogen and oxygen atoms in total. The van der Waals surface area contributed by atoms with Gasteiger partial charge in [0.2, 0.25) is 0 Å². The number of Topliss-reactive ketones (excluding diaryl/α,β-unsaturated/α-hetero) is 2. The first-order valence-electron chi connectivity index (χ1n) is 8.48. The van der Waals surface area contributed by atoms with Gasteiger partial charge in [0, 0.05) is 52.7 Å². The summed E-state index contributed by atoms with van der Waals surface area (Å²) in [6.07, 6.45) is -0.0716. The normalized spacial score (nSPS) is 14.3. The summed E-state index contributed by atoms with van der Waals surface area (Å²) in [6, 6.07) is 11.8. The first-order chi connectivity index (χ1) is 13.1. The van der Waals surface area contributed by atoms with Crippen LogP contribution in [0.2, 0.25) is 0 Å². The first-order valence-corrected chi connectivity index (χ1v) is 10.1. The number of aromatic amines is 2. The summed E-state index contributed by atoms with van der Waals surface area (Å²) >= 11 is 7.23. The number of halogens is 2. The molecule has 0 bridgehead atoms. The van der Waals surface area contributed by atoms with E-state index >= 15 is 0 Å². The highest BCUT2D eigenvalue weighted by molar-refractivity contribution is 9.11. The number of H-pyrrole nitrogens is 2. The number of hydrogen-bond acceptors (Lipinski definition) is 2. The van der Waals surface area contributed by atoms with Crippen LogP contribution >= 0.6 is 31.9 Å². The van der Waals surface area contributed by atoms with Gasteiger partial charge in [-0.05, 0) is 24.3 Å². The molecule has 0 aliphatic heterocycles. The summed E-state index contributed by atoms with van der Waals surface area (Å²) in [7, 11) is 0. The average molecular weight is 482 g/mol. The predicted molar refractivity (Wildman–Crippen MR) is 114 cm³/mol. The van der Waals surface area contributed by atoms with Crippen molar-refractivity contribution in [1.82, 2.24) is 9.97 Å². The molecule has 2 aromatic heterocycles. The van der Waals surface area contributed by atoms with E-state index in [4.69, 9.17) is 0 Å². The van der Waals surface area contributed by atoms with Crippen molar-refractivity contribution in [2.75, 3.05) is 0 Å². The molecule has 0 radical (unpaired) electrons. The molecule has 3 aromatic carbocycles. The average Bonchev–Trinajstić information content (AvgIpc) is 3.27. The van der Waals surface area contributed by atoms with Crippen molar-refractivity contribution in [2.24, 2.45) is 0 Å². The molecule has 27 heavy (non-hydrogen) atoms. The fraction of sp³-hybridized carbons (Fsp3) is 0.0476. The van der Waals surface area contributed by atoms with Gasteiger partial charge in [-0.1, -0.05) is 44.0 Å². The molecular weight excluding hydrogens is 472 g/mol. The second-order valence-electron chi connectivity index (χ2n) is 6.85. The number of hydrogen-bond donors (Lipinski definition) is 2. The summed E-state index contributed by atoms with van der Waals surface area (Å²) in [5, 5.41) is 3.51. The molecule has 2 heterocycles. The van der Waals surface area contributed by atoms with Crippen molar-refractivity contribution < 1.29 is 9.59 Å². The minimum atomic E-state index is -0.111. The summed E-state index contributed by atoms with van der Waals surface area (Å²) in [4.78, 5) is 32.6. The van der Waals surface area contributed by atoms with Crippen LogP contribution in [0.1, 0.15) is 27.1 Å². The van der Waals surface area contributed by atoms with Gasteiger partial charge in [-0.25, -0.2) is 0 Å². The molecule has 1 aliphatic carbocycles. The third kappa shape index (κ3) is 1.82. The molecule has 6 heteroatoms. The monoisotopic (exact) mass is 480 g/mol. The van der Waals surface area contributed by atoms with Gasteiger partial charge in [0.1, 0.15) is 0 Å². The molecule has 0 saturated heterocycles.